The van der Waals surface area contributed by atoms with Crippen molar-refractivity contribution in [2.24, 2.45) is 0 Å². The number of nitro benzene ring substituents is 1. The summed E-state index contributed by atoms with van der Waals surface area (Å²) in [6.45, 7) is 0. The Morgan fingerprint density at radius 1 is 1.53 bits per heavy atom. The summed E-state index contributed by atoms with van der Waals surface area (Å²) in [5.41, 5.74) is -0.0627. The molecular weight excluding hydrogens is 356 g/mol. The van der Waals surface area contributed by atoms with E-state index in [4.69, 9.17) is 23.2 Å². The number of Topliss-reactive ketones (excluding diaryl/α,β-unsaturated/α-hetero) is 1. The van der Waals surface area contributed by atoms with Crippen molar-refractivity contribution < 1.29 is 9.72 Å². The summed E-state index contributed by atoms with van der Waals surface area (Å²) in [6.07, 6.45) is 0. The van der Waals surface area contributed by atoms with Crippen LogP contribution in [0.25, 0.3) is 0 Å². The van der Waals surface area contributed by atoms with E-state index in [2.05, 4.69) is 0 Å². The molecule has 1 aromatic carbocycles. The van der Waals surface area contributed by atoms with Crippen LogP contribution in [0, 0.1) is 13.7 Å². The fraction of sp³-hybridized carbons (Fsp3) is 0.125. The Hall–Kier alpha value is -0.400. The zero-order valence-electron chi connectivity index (χ0n) is 7.17. The molecule has 1 rings (SSSR count). The van der Waals surface area contributed by atoms with E-state index in [1.54, 1.807) is 0 Å². The molecule has 0 spiro atoms. The van der Waals surface area contributed by atoms with E-state index in [1.165, 1.54) is 6.07 Å². The molecule has 0 aromatic heterocycles. The van der Waals surface area contributed by atoms with Crippen LogP contribution in [-0.4, -0.2) is 16.6 Å². The van der Waals surface area contributed by atoms with Gasteiger partial charge in [-0.15, -0.1) is 11.6 Å². The van der Waals surface area contributed by atoms with Gasteiger partial charge in [0.1, 0.15) is 5.02 Å². The number of nitrogens with zero attached hydrogens (tertiary/aromatic N) is 1. The Bertz CT molecular complexity index is 436. The van der Waals surface area contributed by atoms with Crippen LogP contribution in [0.2, 0.25) is 5.02 Å². The minimum absolute atomic E-state index is 0.00974. The second-order valence-corrected chi connectivity index (χ2v) is 4.43. The van der Waals surface area contributed by atoms with Crippen LogP contribution >= 0.6 is 45.8 Å². The van der Waals surface area contributed by atoms with E-state index in [0.29, 0.717) is 3.57 Å². The molecule has 0 fully saturated rings. The molecule has 0 saturated heterocycles. The maximum atomic E-state index is 11.3. The molecule has 4 nitrogen and oxygen atoms in total. The summed E-state index contributed by atoms with van der Waals surface area (Å²) >= 11 is 12.9. The smallest absolute Gasteiger partial charge is 0.288 e. The van der Waals surface area contributed by atoms with Gasteiger partial charge in [-0.25, -0.2) is 0 Å². The summed E-state index contributed by atoms with van der Waals surface area (Å²) < 4.78 is 0.550. The van der Waals surface area contributed by atoms with Crippen molar-refractivity contribution in [2.75, 3.05) is 5.88 Å². The molecule has 0 aliphatic heterocycles. The second-order valence-electron chi connectivity index (χ2n) is 2.60. The fourth-order valence-electron chi connectivity index (χ4n) is 0.963. The largest absolute Gasteiger partial charge is 0.293 e. The first kappa shape index (κ1) is 12.7. The summed E-state index contributed by atoms with van der Waals surface area (Å²) in [6, 6.07) is 2.52. The number of hydrogen-bond donors (Lipinski definition) is 0. The molecule has 0 saturated carbocycles. The standard InChI is InChI=1S/C8H4Cl2INO3/c9-3-8(13)4-1-7(12(14)15)5(10)2-6(4)11/h1-2H,3H2. The number of rotatable bonds is 3. The lowest BCUT2D eigenvalue weighted by Crippen LogP contribution is -2.04. The van der Waals surface area contributed by atoms with Crippen molar-refractivity contribution in [2.45, 2.75) is 0 Å². The minimum Gasteiger partial charge on any atom is -0.293 e. The maximum Gasteiger partial charge on any atom is 0.288 e. The Labute approximate surface area is 109 Å². The van der Waals surface area contributed by atoms with E-state index in [-0.39, 0.29) is 27.9 Å². The van der Waals surface area contributed by atoms with Gasteiger partial charge in [-0.05, 0) is 28.7 Å². The molecule has 0 bridgehead atoms. The van der Waals surface area contributed by atoms with Crippen molar-refractivity contribution in [1.29, 1.82) is 0 Å². The SMILES string of the molecule is O=C(CCl)c1cc([N+](=O)[O-])c(Cl)cc1I. The molecule has 1 aromatic rings. The first-order valence-electron chi connectivity index (χ1n) is 3.70. The molecule has 0 amide bonds. The predicted octanol–water partition coefficient (Wildman–Crippen LogP) is 3.27. The van der Waals surface area contributed by atoms with Gasteiger partial charge in [0.05, 0.1) is 10.8 Å². The molecule has 80 valence electrons. The van der Waals surface area contributed by atoms with Crippen molar-refractivity contribution in [3.05, 3.63) is 36.4 Å². The number of alkyl halides is 1. The van der Waals surface area contributed by atoms with Crippen LogP contribution in [0.15, 0.2) is 12.1 Å². The zero-order valence-corrected chi connectivity index (χ0v) is 10.8. The highest BCUT2D eigenvalue weighted by atomic mass is 127. The average molecular weight is 360 g/mol. The van der Waals surface area contributed by atoms with Gasteiger partial charge >= 0.3 is 0 Å². The fourth-order valence-corrected chi connectivity index (χ4v) is 2.29. The highest BCUT2D eigenvalue weighted by Crippen LogP contribution is 2.29. The molecule has 0 unspecified atom stereocenters. The maximum absolute atomic E-state index is 11.3. The number of benzene rings is 1. The lowest BCUT2D eigenvalue weighted by Gasteiger charge is -2.02. The third-order valence-corrected chi connectivity index (χ3v) is 3.09. The van der Waals surface area contributed by atoms with Gasteiger partial charge in [0.2, 0.25) is 0 Å². The Morgan fingerprint density at radius 2 is 2.13 bits per heavy atom. The number of carbonyl (C=O) groups is 1. The number of halogens is 3. The third kappa shape index (κ3) is 2.79. The normalized spacial score (nSPS) is 10.1. The minimum atomic E-state index is -0.635. The van der Waals surface area contributed by atoms with Crippen LogP contribution in [-0.2, 0) is 0 Å². The van der Waals surface area contributed by atoms with E-state index >= 15 is 0 Å². The van der Waals surface area contributed by atoms with Gasteiger partial charge < -0.3 is 0 Å². The van der Waals surface area contributed by atoms with Crippen LogP contribution in [0.5, 0.6) is 0 Å². The van der Waals surface area contributed by atoms with Crippen molar-refractivity contribution in [3.63, 3.8) is 0 Å². The van der Waals surface area contributed by atoms with E-state index < -0.39 is 4.92 Å². The molecule has 0 heterocycles. The second kappa shape index (κ2) is 5.09. The van der Waals surface area contributed by atoms with Crippen molar-refractivity contribution in [3.8, 4) is 0 Å². The van der Waals surface area contributed by atoms with E-state index in [9.17, 15) is 14.9 Å². The Balaban J connectivity index is 3.36. The summed E-state index contributed by atoms with van der Waals surface area (Å²) in [7, 11) is 0. The Morgan fingerprint density at radius 3 is 2.60 bits per heavy atom. The highest BCUT2D eigenvalue weighted by Gasteiger charge is 2.19. The number of hydrogen-bond acceptors (Lipinski definition) is 3. The quantitative estimate of drug-likeness (QED) is 0.273. The summed E-state index contributed by atoms with van der Waals surface area (Å²) in [5.74, 6) is -0.574. The van der Waals surface area contributed by atoms with Crippen LogP contribution in [0.1, 0.15) is 10.4 Å². The van der Waals surface area contributed by atoms with Gasteiger partial charge in [0, 0.05) is 15.2 Å². The van der Waals surface area contributed by atoms with Gasteiger partial charge in [-0.2, -0.15) is 0 Å². The lowest BCUT2D eigenvalue weighted by molar-refractivity contribution is -0.384. The van der Waals surface area contributed by atoms with Gasteiger partial charge in [0.15, 0.2) is 5.78 Å². The van der Waals surface area contributed by atoms with Crippen molar-refractivity contribution >= 4 is 57.3 Å². The van der Waals surface area contributed by atoms with Gasteiger partial charge in [0.25, 0.3) is 5.69 Å². The topological polar surface area (TPSA) is 60.2 Å². The first-order valence-corrected chi connectivity index (χ1v) is 5.69. The van der Waals surface area contributed by atoms with Gasteiger partial charge in [-0.1, -0.05) is 11.6 Å². The third-order valence-electron chi connectivity index (χ3n) is 1.65. The van der Waals surface area contributed by atoms with Gasteiger partial charge in [-0.3, -0.25) is 14.9 Å². The molecule has 15 heavy (non-hydrogen) atoms. The number of carbonyl (C=O) groups excluding carboxylic acids is 1. The molecule has 7 heteroatoms. The van der Waals surface area contributed by atoms with E-state index in [1.807, 2.05) is 22.6 Å². The van der Waals surface area contributed by atoms with E-state index in [0.717, 1.165) is 6.07 Å². The number of nitro groups is 1. The summed E-state index contributed by atoms with van der Waals surface area (Å²) in [4.78, 5) is 21.3. The molecule has 0 N–H and O–H groups in total. The predicted molar refractivity (Wildman–Crippen MR) is 65.9 cm³/mol. The Kier molecular flexibility index (Phi) is 4.30. The van der Waals surface area contributed by atoms with Crippen molar-refractivity contribution in [1.82, 2.24) is 0 Å². The molecular formula is C8H4Cl2INO3. The number of ketones is 1. The van der Waals surface area contributed by atoms with Crippen LogP contribution in [0.3, 0.4) is 0 Å². The first-order chi connectivity index (χ1) is 6.97. The average Bonchev–Trinajstić information content (AvgIpc) is 2.16. The highest BCUT2D eigenvalue weighted by molar-refractivity contribution is 14.1. The molecule has 0 aliphatic rings. The van der Waals surface area contributed by atoms with Crippen LogP contribution < -0.4 is 0 Å². The zero-order chi connectivity index (χ0) is 11.6. The lowest BCUT2D eigenvalue weighted by atomic mass is 10.1. The monoisotopic (exact) mass is 359 g/mol. The van der Waals surface area contributed by atoms with Crippen LogP contribution in [0.4, 0.5) is 5.69 Å². The molecule has 0 radical (unpaired) electrons. The summed E-state index contributed by atoms with van der Waals surface area (Å²) in [5, 5.41) is 10.6. The molecule has 0 atom stereocenters. The molecule has 0 aliphatic carbocycles.